The number of carbonyl (C=O) groups is 1. The number of amides is 1. The van der Waals surface area contributed by atoms with E-state index in [4.69, 9.17) is 0 Å². The Bertz CT molecular complexity index is 1160. The molecule has 2 aromatic carbocycles. The van der Waals surface area contributed by atoms with Gasteiger partial charge in [-0.2, -0.15) is 0 Å². The van der Waals surface area contributed by atoms with E-state index in [0.29, 0.717) is 23.8 Å². The van der Waals surface area contributed by atoms with E-state index in [-0.39, 0.29) is 23.2 Å². The minimum absolute atomic E-state index is 0. The van der Waals surface area contributed by atoms with Gasteiger partial charge in [0.25, 0.3) is 5.91 Å². The number of anilines is 1. The van der Waals surface area contributed by atoms with Gasteiger partial charge >= 0.3 is 0 Å². The predicted octanol–water partition coefficient (Wildman–Crippen LogP) is 4.87. The maximum atomic E-state index is 13.4. The van der Waals surface area contributed by atoms with Crippen molar-refractivity contribution in [3.05, 3.63) is 52.5 Å². The van der Waals surface area contributed by atoms with E-state index in [1.807, 2.05) is 18.2 Å². The molecule has 0 radical (unpaired) electrons. The molecule has 0 atom stereocenters. The molecular weight excluding hydrogens is 522 g/mol. The summed E-state index contributed by atoms with van der Waals surface area (Å²) in [4.78, 5) is 22.1. The molecule has 0 spiro atoms. The minimum Gasteiger partial charge on any atom is -0.302 e. The molecule has 0 saturated carbocycles. The number of benzene rings is 2. The lowest BCUT2D eigenvalue weighted by molar-refractivity contribution is 0.0983. The van der Waals surface area contributed by atoms with Gasteiger partial charge in [-0.3, -0.25) is 9.69 Å². The lowest BCUT2D eigenvalue weighted by Gasteiger charge is -2.24. The first-order valence-corrected chi connectivity index (χ1v) is 13.1. The van der Waals surface area contributed by atoms with Gasteiger partial charge in [0.1, 0.15) is 0 Å². The average Bonchev–Trinajstić information content (AvgIpc) is 3.13. The largest absolute Gasteiger partial charge is 0.302 e. The second kappa shape index (κ2) is 10.9. The van der Waals surface area contributed by atoms with Gasteiger partial charge in [-0.1, -0.05) is 47.2 Å². The van der Waals surface area contributed by atoms with Crippen LogP contribution in [0, 0.1) is 0 Å². The van der Waals surface area contributed by atoms with E-state index in [0.717, 1.165) is 34.0 Å². The first-order valence-electron chi connectivity index (χ1n) is 9.63. The maximum absolute atomic E-state index is 13.4. The maximum Gasteiger partial charge on any atom is 0.260 e. The van der Waals surface area contributed by atoms with Crippen LogP contribution in [0.25, 0.3) is 10.2 Å². The van der Waals surface area contributed by atoms with Gasteiger partial charge < -0.3 is 4.90 Å². The Morgan fingerprint density at radius 2 is 1.81 bits per heavy atom. The zero-order chi connectivity index (χ0) is 21.9. The van der Waals surface area contributed by atoms with Crippen molar-refractivity contribution in [3.8, 4) is 0 Å². The summed E-state index contributed by atoms with van der Waals surface area (Å²) in [6.07, 6.45) is 1.14. The van der Waals surface area contributed by atoms with E-state index in [1.165, 1.54) is 23.5 Å². The third-order valence-corrected chi connectivity index (χ3v) is 7.50. The molecule has 31 heavy (non-hydrogen) atoms. The van der Waals surface area contributed by atoms with Crippen LogP contribution in [0.3, 0.4) is 0 Å². The Morgan fingerprint density at radius 3 is 2.45 bits per heavy atom. The van der Waals surface area contributed by atoms with Gasteiger partial charge in [0.2, 0.25) is 0 Å². The summed E-state index contributed by atoms with van der Waals surface area (Å²) < 4.78 is 25.8. The van der Waals surface area contributed by atoms with Crippen LogP contribution in [0.15, 0.2) is 51.8 Å². The van der Waals surface area contributed by atoms with Gasteiger partial charge in [-0.05, 0) is 49.5 Å². The Hall–Kier alpha value is -1.52. The minimum atomic E-state index is -3.41. The van der Waals surface area contributed by atoms with E-state index >= 15 is 0 Å². The summed E-state index contributed by atoms with van der Waals surface area (Å²) in [5, 5.41) is 0.602. The van der Waals surface area contributed by atoms with E-state index in [2.05, 4.69) is 39.7 Å². The molecule has 0 saturated heterocycles. The number of rotatable bonds is 8. The molecule has 10 heteroatoms. The number of nitrogens with zero attached hydrogens (tertiary/aromatic N) is 3. The second-order valence-electron chi connectivity index (χ2n) is 6.89. The van der Waals surface area contributed by atoms with Gasteiger partial charge in [0.15, 0.2) is 15.0 Å². The first-order chi connectivity index (χ1) is 14.2. The Labute approximate surface area is 201 Å². The standard InChI is InChI=1S/C21H24BrN3O3S2.ClH/c1-4-24(5-2)11-12-25(21-23-18-10-9-16(22)14-19(18)29-21)20(26)15-7-6-8-17(13-15)30(3,27)28;/h6-10,13-14H,4-5,11-12H2,1-3H3;1H. The average molecular weight is 547 g/mol. The Kier molecular flexibility index (Phi) is 9.03. The molecule has 168 valence electrons. The van der Waals surface area contributed by atoms with Crippen LogP contribution < -0.4 is 4.90 Å². The summed E-state index contributed by atoms with van der Waals surface area (Å²) in [7, 11) is -3.41. The molecule has 0 fully saturated rings. The topological polar surface area (TPSA) is 70.6 Å². The molecular formula is C21H25BrClN3O3S2. The van der Waals surface area contributed by atoms with Crippen LogP contribution in [0.1, 0.15) is 24.2 Å². The van der Waals surface area contributed by atoms with Crippen molar-refractivity contribution in [1.29, 1.82) is 0 Å². The zero-order valence-electron chi connectivity index (χ0n) is 17.5. The number of aromatic nitrogens is 1. The fourth-order valence-electron chi connectivity index (χ4n) is 3.08. The molecule has 1 heterocycles. The number of carbonyl (C=O) groups excluding carboxylic acids is 1. The highest BCUT2D eigenvalue weighted by atomic mass is 79.9. The van der Waals surface area contributed by atoms with E-state index in [1.54, 1.807) is 17.0 Å². The fraction of sp³-hybridized carbons (Fsp3) is 0.333. The molecule has 3 aromatic rings. The molecule has 1 amide bonds. The third-order valence-electron chi connectivity index (χ3n) is 4.86. The van der Waals surface area contributed by atoms with Gasteiger partial charge in [0, 0.05) is 29.4 Å². The van der Waals surface area contributed by atoms with Crippen molar-refractivity contribution in [3.63, 3.8) is 0 Å². The molecule has 0 aliphatic rings. The van der Waals surface area contributed by atoms with Crippen LogP contribution in [0.2, 0.25) is 0 Å². The monoisotopic (exact) mass is 545 g/mol. The van der Waals surface area contributed by atoms with Crippen molar-refractivity contribution >= 4 is 70.8 Å². The van der Waals surface area contributed by atoms with Gasteiger partial charge in [-0.25, -0.2) is 13.4 Å². The fourth-order valence-corrected chi connectivity index (χ4v) is 5.29. The van der Waals surface area contributed by atoms with Crippen molar-refractivity contribution in [1.82, 2.24) is 9.88 Å². The Balaban J connectivity index is 0.00000341. The molecule has 6 nitrogen and oxygen atoms in total. The van der Waals surface area contributed by atoms with Crippen molar-refractivity contribution in [2.24, 2.45) is 0 Å². The Morgan fingerprint density at radius 1 is 1.10 bits per heavy atom. The summed E-state index contributed by atoms with van der Waals surface area (Å²) >= 11 is 4.92. The SMILES string of the molecule is CCN(CC)CCN(C(=O)c1cccc(S(C)(=O)=O)c1)c1nc2ccc(Br)cc2s1.Cl. The van der Waals surface area contributed by atoms with Crippen molar-refractivity contribution < 1.29 is 13.2 Å². The third kappa shape index (κ3) is 6.26. The molecule has 0 N–H and O–H groups in total. The summed E-state index contributed by atoms with van der Waals surface area (Å²) in [6, 6.07) is 12.0. The van der Waals surface area contributed by atoms with Crippen LogP contribution in [-0.4, -0.2) is 56.6 Å². The highest BCUT2D eigenvalue weighted by Crippen LogP contribution is 2.31. The predicted molar refractivity (Wildman–Crippen MR) is 134 cm³/mol. The summed E-state index contributed by atoms with van der Waals surface area (Å²) in [5.74, 6) is -0.259. The second-order valence-corrected chi connectivity index (χ2v) is 10.8. The van der Waals surface area contributed by atoms with Gasteiger partial charge in [-0.15, -0.1) is 12.4 Å². The van der Waals surface area contributed by atoms with E-state index < -0.39 is 9.84 Å². The summed E-state index contributed by atoms with van der Waals surface area (Å²) in [5.41, 5.74) is 1.15. The molecule has 0 aliphatic heterocycles. The molecule has 0 bridgehead atoms. The number of thiazole rings is 1. The molecule has 0 aliphatic carbocycles. The van der Waals surface area contributed by atoms with Crippen molar-refractivity contribution in [2.45, 2.75) is 18.7 Å². The smallest absolute Gasteiger partial charge is 0.260 e. The number of halogens is 2. The number of fused-ring (bicyclic) bond motifs is 1. The van der Waals surface area contributed by atoms with Crippen LogP contribution in [-0.2, 0) is 9.84 Å². The lowest BCUT2D eigenvalue weighted by atomic mass is 10.2. The van der Waals surface area contributed by atoms with Gasteiger partial charge in [0.05, 0.1) is 15.1 Å². The van der Waals surface area contributed by atoms with Crippen LogP contribution in [0.5, 0.6) is 0 Å². The normalized spacial score (nSPS) is 11.5. The number of sulfone groups is 1. The lowest BCUT2D eigenvalue weighted by Crippen LogP contribution is -2.38. The molecule has 0 unspecified atom stereocenters. The zero-order valence-corrected chi connectivity index (χ0v) is 21.6. The first kappa shape index (κ1) is 25.7. The quantitative estimate of drug-likeness (QED) is 0.403. The van der Waals surface area contributed by atoms with E-state index in [9.17, 15) is 13.2 Å². The highest BCUT2D eigenvalue weighted by Gasteiger charge is 2.23. The highest BCUT2D eigenvalue weighted by molar-refractivity contribution is 9.10. The molecule has 3 rings (SSSR count). The number of hydrogen-bond donors (Lipinski definition) is 0. The molecule has 1 aromatic heterocycles. The summed E-state index contributed by atoms with van der Waals surface area (Å²) in [6.45, 7) is 7.10. The number of hydrogen-bond acceptors (Lipinski definition) is 6. The van der Waals surface area contributed by atoms with Crippen LogP contribution in [0.4, 0.5) is 5.13 Å². The number of likely N-dealkylation sites (N-methyl/N-ethyl adjacent to an activating group) is 1. The van der Waals surface area contributed by atoms with Crippen molar-refractivity contribution in [2.75, 3.05) is 37.3 Å². The van der Waals surface area contributed by atoms with Crippen LogP contribution >= 0.6 is 39.7 Å².